The summed E-state index contributed by atoms with van der Waals surface area (Å²) >= 11 is 0. The second-order valence-corrected chi connectivity index (χ2v) is 8.43. The SMILES string of the molecule is Cc1ccn2c1C(=O)N(c1ccccc1)C([C@H](C)Nc1ncnc(N)c1-c1cnn(CCO)c1)N2. The minimum atomic E-state index is -0.439. The molecular formula is C24H27N9O2. The number of hydrogen-bond donors (Lipinski definition) is 4. The van der Waals surface area contributed by atoms with E-state index in [0.29, 0.717) is 29.4 Å². The first kappa shape index (κ1) is 22.4. The van der Waals surface area contributed by atoms with Crippen LogP contribution in [-0.4, -0.2) is 54.3 Å². The van der Waals surface area contributed by atoms with Crippen LogP contribution in [0.25, 0.3) is 11.1 Å². The molecule has 4 heterocycles. The molecule has 180 valence electrons. The Kier molecular flexibility index (Phi) is 5.83. The van der Waals surface area contributed by atoms with E-state index >= 15 is 0 Å². The van der Waals surface area contributed by atoms with Gasteiger partial charge in [-0.15, -0.1) is 0 Å². The highest BCUT2D eigenvalue weighted by molar-refractivity contribution is 6.07. The van der Waals surface area contributed by atoms with E-state index < -0.39 is 6.17 Å². The van der Waals surface area contributed by atoms with E-state index in [4.69, 9.17) is 5.73 Å². The third kappa shape index (κ3) is 4.06. The average Bonchev–Trinajstić information content (AvgIpc) is 3.46. The van der Waals surface area contributed by atoms with Crippen molar-refractivity contribution in [2.75, 3.05) is 28.0 Å². The first-order chi connectivity index (χ1) is 17.0. The van der Waals surface area contributed by atoms with Crippen molar-refractivity contribution >= 4 is 23.2 Å². The van der Waals surface area contributed by atoms with Gasteiger partial charge < -0.3 is 21.6 Å². The molecule has 5 N–H and O–H groups in total. The summed E-state index contributed by atoms with van der Waals surface area (Å²) in [6.07, 6.45) is 6.26. The third-order valence-electron chi connectivity index (χ3n) is 6.06. The zero-order valence-electron chi connectivity index (χ0n) is 19.5. The maximum Gasteiger partial charge on any atom is 0.278 e. The Morgan fingerprint density at radius 3 is 2.80 bits per heavy atom. The fourth-order valence-electron chi connectivity index (χ4n) is 4.36. The van der Waals surface area contributed by atoms with Crippen molar-refractivity contribution < 1.29 is 9.90 Å². The number of nitrogens with zero attached hydrogens (tertiary/aromatic N) is 6. The largest absolute Gasteiger partial charge is 0.394 e. The summed E-state index contributed by atoms with van der Waals surface area (Å²) in [4.78, 5) is 24.0. The molecule has 0 saturated carbocycles. The predicted molar refractivity (Wildman–Crippen MR) is 133 cm³/mol. The summed E-state index contributed by atoms with van der Waals surface area (Å²) in [7, 11) is 0. The number of carbonyl (C=O) groups excluding carboxylic acids is 1. The Hall–Kier alpha value is -4.38. The van der Waals surface area contributed by atoms with Gasteiger partial charge in [-0.1, -0.05) is 18.2 Å². The summed E-state index contributed by atoms with van der Waals surface area (Å²) in [6, 6.07) is 11.2. The van der Waals surface area contributed by atoms with E-state index in [1.807, 2.05) is 56.4 Å². The van der Waals surface area contributed by atoms with Crippen molar-refractivity contribution in [3.8, 4) is 11.1 Å². The van der Waals surface area contributed by atoms with Crippen LogP contribution in [0.3, 0.4) is 0 Å². The second-order valence-electron chi connectivity index (χ2n) is 8.43. The van der Waals surface area contributed by atoms with E-state index in [9.17, 15) is 9.90 Å². The highest BCUT2D eigenvalue weighted by Gasteiger charge is 2.37. The molecule has 11 heteroatoms. The van der Waals surface area contributed by atoms with Gasteiger partial charge in [0.25, 0.3) is 5.91 Å². The van der Waals surface area contributed by atoms with E-state index in [2.05, 4.69) is 25.8 Å². The number of anilines is 3. The molecule has 1 unspecified atom stereocenters. The van der Waals surface area contributed by atoms with Gasteiger partial charge in [0.05, 0.1) is 31.0 Å². The number of fused-ring (bicyclic) bond motifs is 1. The third-order valence-corrected chi connectivity index (χ3v) is 6.06. The molecule has 0 bridgehead atoms. The molecule has 1 aliphatic rings. The molecule has 0 radical (unpaired) electrons. The number of nitrogens with two attached hydrogens (primary N) is 1. The molecule has 5 rings (SSSR count). The van der Waals surface area contributed by atoms with Gasteiger partial charge in [-0.3, -0.25) is 19.1 Å². The van der Waals surface area contributed by atoms with Crippen LogP contribution < -0.4 is 21.4 Å². The molecule has 1 aliphatic heterocycles. The molecule has 0 fully saturated rings. The number of benzene rings is 1. The summed E-state index contributed by atoms with van der Waals surface area (Å²) in [5.41, 5.74) is 13.3. The van der Waals surface area contributed by atoms with Crippen LogP contribution in [0.1, 0.15) is 23.0 Å². The fourth-order valence-corrected chi connectivity index (χ4v) is 4.36. The van der Waals surface area contributed by atoms with E-state index in [1.165, 1.54) is 6.33 Å². The van der Waals surface area contributed by atoms with Crippen LogP contribution in [0.5, 0.6) is 0 Å². The molecule has 0 spiro atoms. The minimum absolute atomic E-state index is 0.0262. The van der Waals surface area contributed by atoms with Gasteiger partial charge in [0.2, 0.25) is 0 Å². The topological polar surface area (TPSA) is 139 Å². The van der Waals surface area contributed by atoms with Gasteiger partial charge >= 0.3 is 0 Å². The average molecular weight is 474 g/mol. The quantitative estimate of drug-likeness (QED) is 0.320. The normalized spacial score (nSPS) is 16.0. The number of carbonyl (C=O) groups is 1. The number of hydrogen-bond acceptors (Lipinski definition) is 8. The van der Waals surface area contributed by atoms with Crippen molar-refractivity contribution in [2.45, 2.75) is 32.6 Å². The lowest BCUT2D eigenvalue weighted by Gasteiger charge is -2.41. The number of nitrogen functional groups attached to an aromatic ring is 1. The zero-order valence-corrected chi connectivity index (χ0v) is 19.5. The van der Waals surface area contributed by atoms with Crippen LogP contribution in [0, 0.1) is 6.92 Å². The molecule has 11 nitrogen and oxygen atoms in total. The van der Waals surface area contributed by atoms with Crippen LogP contribution in [0.15, 0.2) is 61.3 Å². The first-order valence-electron chi connectivity index (χ1n) is 11.3. The van der Waals surface area contributed by atoms with Crippen LogP contribution in [0.2, 0.25) is 0 Å². The van der Waals surface area contributed by atoms with Crippen LogP contribution >= 0.6 is 0 Å². The van der Waals surface area contributed by atoms with E-state index in [1.54, 1.807) is 26.7 Å². The highest BCUT2D eigenvalue weighted by atomic mass is 16.3. The number of aryl methyl sites for hydroxylation is 1. The summed E-state index contributed by atoms with van der Waals surface area (Å²) in [6.45, 7) is 4.23. The van der Waals surface area contributed by atoms with E-state index in [0.717, 1.165) is 16.8 Å². The van der Waals surface area contributed by atoms with Crippen molar-refractivity contribution in [2.24, 2.45) is 0 Å². The van der Waals surface area contributed by atoms with Gasteiger partial charge in [-0.05, 0) is 37.6 Å². The Bertz CT molecular complexity index is 1350. The van der Waals surface area contributed by atoms with Gasteiger partial charge in [-0.25, -0.2) is 9.97 Å². The lowest BCUT2D eigenvalue weighted by molar-refractivity contribution is 0.0954. The second kappa shape index (κ2) is 9.11. The summed E-state index contributed by atoms with van der Waals surface area (Å²) in [5, 5.41) is 16.9. The first-order valence-corrected chi connectivity index (χ1v) is 11.3. The number of nitrogens with one attached hydrogen (secondary N) is 2. The van der Waals surface area contributed by atoms with Crippen LogP contribution in [0.4, 0.5) is 17.3 Å². The molecule has 3 aromatic heterocycles. The zero-order chi connectivity index (χ0) is 24.5. The molecule has 1 amide bonds. The van der Waals surface area contributed by atoms with Gasteiger partial charge in [-0.2, -0.15) is 5.10 Å². The molecule has 35 heavy (non-hydrogen) atoms. The summed E-state index contributed by atoms with van der Waals surface area (Å²) < 4.78 is 3.40. The van der Waals surface area contributed by atoms with Gasteiger partial charge in [0, 0.05) is 23.6 Å². The van der Waals surface area contributed by atoms with Gasteiger partial charge in [0.15, 0.2) is 0 Å². The Morgan fingerprint density at radius 2 is 2.03 bits per heavy atom. The Balaban J connectivity index is 1.51. The maximum atomic E-state index is 13.6. The van der Waals surface area contributed by atoms with Crippen molar-refractivity contribution in [1.82, 2.24) is 24.4 Å². The molecular weight excluding hydrogens is 446 g/mol. The molecule has 2 atom stereocenters. The smallest absolute Gasteiger partial charge is 0.278 e. The van der Waals surface area contributed by atoms with Gasteiger partial charge in [0.1, 0.15) is 29.8 Å². The maximum absolute atomic E-state index is 13.6. The Morgan fingerprint density at radius 1 is 1.23 bits per heavy atom. The van der Waals surface area contributed by atoms with Crippen molar-refractivity contribution in [3.63, 3.8) is 0 Å². The van der Waals surface area contributed by atoms with Crippen molar-refractivity contribution in [1.29, 1.82) is 0 Å². The minimum Gasteiger partial charge on any atom is -0.394 e. The van der Waals surface area contributed by atoms with E-state index in [-0.39, 0.29) is 18.6 Å². The molecule has 4 aromatic rings. The molecule has 0 aliphatic carbocycles. The summed E-state index contributed by atoms with van der Waals surface area (Å²) in [5.74, 6) is 0.725. The Labute approximate surface area is 202 Å². The van der Waals surface area contributed by atoms with Crippen molar-refractivity contribution in [3.05, 3.63) is 72.6 Å². The number of para-hydroxylation sites is 1. The lowest BCUT2D eigenvalue weighted by atomic mass is 10.1. The number of aliphatic hydroxyl groups excluding tert-OH is 1. The number of aliphatic hydroxyl groups is 1. The molecule has 0 saturated heterocycles. The fraction of sp³-hybridized carbons (Fsp3) is 0.250. The number of amides is 1. The highest BCUT2D eigenvalue weighted by Crippen LogP contribution is 2.32. The number of rotatable bonds is 7. The number of aromatic nitrogens is 5. The standard InChI is InChI=1S/C24H27N9O2/c1-15-8-9-32-20(15)24(35)33(18-6-4-3-5-7-18)23(30-32)16(2)29-22-19(21(25)26-14-27-22)17-12-28-31(13-17)10-11-34/h3-9,12-14,16,23,30,34H,10-11H2,1-2H3,(H3,25,26,27,29)/t16-,23?/m0/s1. The van der Waals surface area contributed by atoms with Crippen LogP contribution in [-0.2, 0) is 6.54 Å². The lowest BCUT2D eigenvalue weighted by Crippen LogP contribution is -2.59. The predicted octanol–water partition coefficient (Wildman–Crippen LogP) is 2.06. The monoisotopic (exact) mass is 473 g/mol. The molecule has 1 aromatic carbocycles.